The number of hydrogen-bond acceptors (Lipinski definition) is 8. The Labute approximate surface area is 122 Å². The van der Waals surface area contributed by atoms with E-state index in [4.69, 9.17) is 15.2 Å². The number of rotatable bonds is 8. The molecule has 8 nitrogen and oxygen atoms in total. The molecule has 21 heavy (non-hydrogen) atoms. The summed E-state index contributed by atoms with van der Waals surface area (Å²) >= 11 is 0. The van der Waals surface area contributed by atoms with Crippen molar-refractivity contribution >= 4 is 11.9 Å². The van der Waals surface area contributed by atoms with E-state index in [1.807, 2.05) is 0 Å². The highest BCUT2D eigenvalue weighted by Gasteiger charge is 2.16. The van der Waals surface area contributed by atoms with Gasteiger partial charge in [0, 0.05) is 18.7 Å². The van der Waals surface area contributed by atoms with Crippen molar-refractivity contribution in [2.24, 2.45) is 5.73 Å². The fourth-order valence-electron chi connectivity index (χ4n) is 1.41. The first-order valence-corrected chi connectivity index (χ1v) is 6.21. The number of ether oxygens (including phenoxy) is 4. The topological polar surface area (TPSA) is 110 Å². The normalized spacial score (nSPS) is 10.0. The number of methoxy groups -OCH3 is 2. The fraction of sp³-hybridized carbons (Fsp3) is 0.462. The maximum atomic E-state index is 11.5. The van der Waals surface area contributed by atoms with Crippen molar-refractivity contribution in [3.63, 3.8) is 0 Å². The Bertz CT molecular complexity index is 457. The van der Waals surface area contributed by atoms with Crippen LogP contribution in [0.15, 0.2) is 12.1 Å². The number of pyridine rings is 1. The average Bonchev–Trinajstić information content (AvgIpc) is 2.52. The van der Waals surface area contributed by atoms with Gasteiger partial charge in [0.1, 0.15) is 12.4 Å². The molecule has 0 aliphatic heterocycles. The van der Waals surface area contributed by atoms with Crippen LogP contribution in [0.2, 0.25) is 0 Å². The second-order valence-electron chi connectivity index (χ2n) is 3.81. The van der Waals surface area contributed by atoms with E-state index in [1.165, 1.54) is 26.4 Å². The first-order valence-electron chi connectivity index (χ1n) is 6.21. The van der Waals surface area contributed by atoms with Gasteiger partial charge in [-0.2, -0.15) is 0 Å². The standard InChI is InChI=1S/C13H18N2O6/c1-18-12(16)10-7-9(21-6-5-20-4-3-14)8-11(15-10)13(17)19-2/h7-8H,3-6,14H2,1-2H3. The van der Waals surface area contributed by atoms with Gasteiger partial charge in [-0.15, -0.1) is 0 Å². The lowest BCUT2D eigenvalue weighted by atomic mass is 10.2. The number of hydrogen-bond donors (Lipinski definition) is 1. The average molecular weight is 298 g/mol. The van der Waals surface area contributed by atoms with Crippen molar-refractivity contribution in [2.75, 3.05) is 40.6 Å². The molecule has 0 radical (unpaired) electrons. The minimum Gasteiger partial charge on any atom is -0.491 e. The van der Waals surface area contributed by atoms with Gasteiger partial charge in [0.25, 0.3) is 0 Å². The van der Waals surface area contributed by atoms with Gasteiger partial charge in [0.05, 0.1) is 27.4 Å². The van der Waals surface area contributed by atoms with Crippen LogP contribution >= 0.6 is 0 Å². The van der Waals surface area contributed by atoms with Crippen LogP contribution in [0.3, 0.4) is 0 Å². The zero-order valence-electron chi connectivity index (χ0n) is 12.0. The largest absolute Gasteiger partial charge is 0.491 e. The van der Waals surface area contributed by atoms with E-state index in [2.05, 4.69) is 14.5 Å². The van der Waals surface area contributed by atoms with Crippen molar-refractivity contribution in [2.45, 2.75) is 0 Å². The van der Waals surface area contributed by atoms with Crippen molar-refractivity contribution < 1.29 is 28.5 Å². The first kappa shape index (κ1) is 16.9. The summed E-state index contributed by atoms with van der Waals surface area (Å²) in [5.41, 5.74) is 5.20. The maximum absolute atomic E-state index is 11.5. The van der Waals surface area contributed by atoms with Crippen LogP contribution in [0.1, 0.15) is 21.0 Å². The molecule has 0 aromatic carbocycles. The lowest BCUT2D eigenvalue weighted by Crippen LogP contribution is -2.14. The molecule has 1 heterocycles. The molecular weight excluding hydrogens is 280 g/mol. The summed E-state index contributed by atoms with van der Waals surface area (Å²) in [4.78, 5) is 26.9. The van der Waals surface area contributed by atoms with E-state index >= 15 is 0 Å². The van der Waals surface area contributed by atoms with Crippen LogP contribution in [0, 0.1) is 0 Å². The third-order valence-electron chi connectivity index (χ3n) is 2.35. The molecule has 0 fully saturated rings. The highest BCUT2D eigenvalue weighted by Crippen LogP contribution is 2.16. The summed E-state index contributed by atoms with van der Waals surface area (Å²) in [5, 5.41) is 0. The van der Waals surface area contributed by atoms with E-state index in [-0.39, 0.29) is 18.0 Å². The predicted molar refractivity (Wildman–Crippen MR) is 72.3 cm³/mol. The quantitative estimate of drug-likeness (QED) is 0.528. The second kappa shape index (κ2) is 8.88. The number of aromatic nitrogens is 1. The molecule has 0 unspecified atom stereocenters. The molecule has 0 saturated heterocycles. The summed E-state index contributed by atoms with van der Waals surface area (Å²) in [6, 6.07) is 2.75. The van der Waals surface area contributed by atoms with Crippen LogP contribution in [0.4, 0.5) is 0 Å². The van der Waals surface area contributed by atoms with E-state index in [0.29, 0.717) is 25.5 Å². The lowest BCUT2D eigenvalue weighted by Gasteiger charge is -2.09. The minimum atomic E-state index is -0.676. The number of nitrogens with zero attached hydrogens (tertiary/aromatic N) is 1. The summed E-state index contributed by atoms with van der Waals surface area (Å²) in [5.74, 6) is -1.06. The Morgan fingerprint density at radius 2 is 1.62 bits per heavy atom. The molecule has 0 aliphatic carbocycles. The van der Waals surface area contributed by atoms with Crippen molar-refractivity contribution in [1.29, 1.82) is 0 Å². The molecule has 0 aliphatic rings. The Morgan fingerprint density at radius 1 is 1.05 bits per heavy atom. The monoisotopic (exact) mass is 298 g/mol. The zero-order chi connectivity index (χ0) is 15.7. The van der Waals surface area contributed by atoms with Gasteiger partial charge in [0.2, 0.25) is 0 Å². The number of carbonyl (C=O) groups is 2. The molecular formula is C13H18N2O6. The molecule has 0 saturated carbocycles. The summed E-state index contributed by atoms with van der Waals surface area (Å²) in [6.45, 7) is 1.43. The highest BCUT2D eigenvalue weighted by atomic mass is 16.5. The Hall–Kier alpha value is -2.19. The number of esters is 2. The summed E-state index contributed by atoms with van der Waals surface area (Å²) in [6.07, 6.45) is 0. The van der Waals surface area contributed by atoms with Gasteiger partial charge < -0.3 is 24.7 Å². The molecule has 0 amide bonds. The van der Waals surface area contributed by atoms with Crippen LogP contribution in [-0.4, -0.2) is 57.5 Å². The van der Waals surface area contributed by atoms with Gasteiger partial charge in [0.15, 0.2) is 11.4 Å². The third-order valence-corrected chi connectivity index (χ3v) is 2.35. The minimum absolute atomic E-state index is 0.0433. The van der Waals surface area contributed by atoms with Crippen molar-refractivity contribution in [1.82, 2.24) is 4.98 Å². The van der Waals surface area contributed by atoms with Crippen molar-refractivity contribution in [3.8, 4) is 5.75 Å². The predicted octanol–water partition coefficient (Wildman–Crippen LogP) is 0.00890. The van der Waals surface area contributed by atoms with E-state index < -0.39 is 11.9 Å². The fourth-order valence-corrected chi connectivity index (χ4v) is 1.41. The SMILES string of the molecule is COC(=O)c1cc(OCCOCCN)cc(C(=O)OC)n1. The van der Waals surface area contributed by atoms with Gasteiger partial charge >= 0.3 is 11.9 Å². The first-order chi connectivity index (χ1) is 10.1. The second-order valence-corrected chi connectivity index (χ2v) is 3.81. The lowest BCUT2D eigenvalue weighted by molar-refractivity contribution is 0.0584. The van der Waals surface area contributed by atoms with Gasteiger partial charge in [-0.25, -0.2) is 14.6 Å². The molecule has 116 valence electrons. The molecule has 1 aromatic rings. The summed E-state index contributed by atoms with van der Waals surface area (Å²) < 4.78 is 19.7. The molecule has 0 bridgehead atoms. The Kier molecular flexibility index (Phi) is 7.13. The summed E-state index contributed by atoms with van der Waals surface area (Å²) in [7, 11) is 2.44. The molecule has 8 heteroatoms. The number of carbonyl (C=O) groups excluding carboxylic acids is 2. The van der Waals surface area contributed by atoms with Crippen LogP contribution < -0.4 is 10.5 Å². The smallest absolute Gasteiger partial charge is 0.356 e. The van der Waals surface area contributed by atoms with Gasteiger partial charge in [-0.1, -0.05) is 0 Å². The molecule has 1 rings (SSSR count). The van der Waals surface area contributed by atoms with Gasteiger partial charge in [-0.05, 0) is 0 Å². The van der Waals surface area contributed by atoms with Crippen LogP contribution in [-0.2, 0) is 14.2 Å². The van der Waals surface area contributed by atoms with Crippen molar-refractivity contribution in [3.05, 3.63) is 23.5 Å². The highest BCUT2D eigenvalue weighted by molar-refractivity contribution is 5.92. The van der Waals surface area contributed by atoms with Crippen LogP contribution in [0.5, 0.6) is 5.75 Å². The van der Waals surface area contributed by atoms with E-state index in [0.717, 1.165) is 0 Å². The Balaban J connectivity index is 2.81. The molecule has 1 aromatic heterocycles. The zero-order valence-corrected chi connectivity index (χ0v) is 12.0. The van der Waals surface area contributed by atoms with E-state index in [1.54, 1.807) is 0 Å². The van der Waals surface area contributed by atoms with E-state index in [9.17, 15) is 9.59 Å². The molecule has 0 spiro atoms. The maximum Gasteiger partial charge on any atom is 0.356 e. The third kappa shape index (κ3) is 5.36. The van der Waals surface area contributed by atoms with Crippen LogP contribution in [0.25, 0.3) is 0 Å². The molecule has 0 atom stereocenters. The van der Waals surface area contributed by atoms with Gasteiger partial charge in [-0.3, -0.25) is 0 Å². The Morgan fingerprint density at radius 3 is 2.10 bits per heavy atom. The number of nitrogens with two attached hydrogens (primary N) is 1. The molecule has 2 N–H and O–H groups in total.